The van der Waals surface area contributed by atoms with Gasteiger partial charge in [0.1, 0.15) is 5.02 Å². The van der Waals surface area contributed by atoms with Crippen LogP contribution in [0.2, 0.25) is 5.02 Å². The van der Waals surface area contributed by atoms with Crippen molar-refractivity contribution in [2.45, 2.75) is 26.7 Å². The van der Waals surface area contributed by atoms with Crippen molar-refractivity contribution < 1.29 is 4.92 Å². The molecule has 0 fully saturated rings. The van der Waals surface area contributed by atoms with Gasteiger partial charge in [-0.1, -0.05) is 25.4 Å². The summed E-state index contributed by atoms with van der Waals surface area (Å²) < 4.78 is 5.23. The van der Waals surface area contributed by atoms with Gasteiger partial charge in [-0.25, -0.2) is 4.99 Å². The Bertz CT molecular complexity index is 738. The molecule has 0 radical (unpaired) electrons. The molecule has 0 saturated heterocycles. The second kappa shape index (κ2) is 8.37. The molecule has 0 aliphatic rings. The van der Waals surface area contributed by atoms with Crippen molar-refractivity contribution in [1.29, 1.82) is 0 Å². The van der Waals surface area contributed by atoms with E-state index in [0.29, 0.717) is 5.69 Å². The molecule has 6 nitrogen and oxygen atoms in total. The lowest BCUT2D eigenvalue weighted by Gasteiger charge is -2.20. The number of nitrogens with zero attached hydrogens (tertiary/aromatic N) is 4. The molecule has 1 heterocycles. The van der Waals surface area contributed by atoms with Crippen molar-refractivity contribution in [2.24, 2.45) is 4.99 Å². The summed E-state index contributed by atoms with van der Waals surface area (Å²) in [5.74, 6) is 0.848. The van der Waals surface area contributed by atoms with Crippen molar-refractivity contribution in [3.63, 3.8) is 0 Å². The highest BCUT2D eigenvalue weighted by Crippen LogP contribution is 2.28. The van der Waals surface area contributed by atoms with Gasteiger partial charge in [-0.2, -0.15) is 4.37 Å². The molecule has 0 bridgehead atoms. The van der Waals surface area contributed by atoms with E-state index in [9.17, 15) is 10.1 Å². The molecular weight excluding hydrogens is 356 g/mol. The molecular formula is C14H17ClN4O2S2. The Morgan fingerprint density at radius 3 is 2.65 bits per heavy atom. The second-order valence-electron chi connectivity index (χ2n) is 4.87. The van der Waals surface area contributed by atoms with Crippen molar-refractivity contribution in [1.82, 2.24) is 4.37 Å². The molecule has 0 atom stereocenters. The number of rotatable bonds is 7. The zero-order chi connectivity index (χ0) is 16.8. The minimum Gasteiger partial charge on any atom is -0.353 e. The predicted molar refractivity (Wildman–Crippen MR) is 96.1 cm³/mol. The Labute approximate surface area is 146 Å². The average Bonchev–Trinajstić information content (AvgIpc) is 2.96. The van der Waals surface area contributed by atoms with Crippen molar-refractivity contribution in [3.8, 4) is 0 Å². The van der Waals surface area contributed by atoms with Crippen molar-refractivity contribution in [2.75, 3.05) is 18.0 Å². The van der Waals surface area contributed by atoms with Gasteiger partial charge in [0.2, 0.25) is 0 Å². The standard InChI is InChI=1S/C14H17ClN4O2S2/c1-3-7-18(8-4-2)13-14(22-23-17-13)16-10-5-6-11(15)12(9-10)19(20)21/h5-6,9H,3-4,7-8H2,1-2H3. The van der Waals surface area contributed by atoms with E-state index in [2.05, 4.69) is 28.1 Å². The van der Waals surface area contributed by atoms with Crippen molar-refractivity contribution >= 4 is 49.7 Å². The van der Waals surface area contributed by atoms with Crippen LogP contribution in [0.3, 0.4) is 0 Å². The highest BCUT2D eigenvalue weighted by Gasteiger charge is 2.14. The van der Waals surface area contributed by atoms with E-state index in [-0.39, 0.29) is 10.7 Å². The second-order valence-corrected chi connectivity index (χ2v) is 7.11. The maximum atomic E-state index is 11.0. The molecule has 1 aromatic heterocycles. The number of halogens is 1. The summed E-state index contributed by atoms with van der Waals surface area (Å²) in [7, 11) is 2.84. The zero-order valence-electron chi connectivity index (χ0n) is 12.9. The maximum Gasteiger partial charge on any atom is 0.290 e. The van der Waals surface area contributed by atoms with E-state index in [1.807, 2.05) is 0 Å². The number of nitro groups is 1. The monoisotopic (exact) mass is 372 g/mol. The van der Waals surface area contributed by atoms with Gasteiger partial charge >= 0.3 is 0 Å². The molecule has 0 aliphatic carbocycles. The van der Waals surface area contributed by atoms with Crippen LogP contribution in [-0.2, 0) is 0 Å². The van der Waals surface area contributed by atoms with Crippen LogP contribution in [-0.4, -0.2) is 22.4 Å². The van der Waals surface area contributed by atoms with Crippen LogP contribution in [0.25, 0.3) is 0 Å². The summed E-state index contributed by atoms with van der Waals surface area (Å²) in [6.45, 7) is 6.07. The van der Waals surface area contributed by atoms with E-state index in [1.54, 1.807) is 6.07 Å². The Hall–Kier alpha value is -1.51. The number of anilines is 1. The lowest BCUT2D eigenvalue weighted by Crippen LogP contribution is -2.28. The minimum atomic E-state index is -0.502. The molecule has 0 saturated carbocycles. The van der Waals surface area contributed by atoms with E-state index >= 15 is 0 Å². The van der Waals surface area contributed by atoms with Gasteiger partial charge in [0.05, 0.1) is 10.6 Å². The molecule has 2 aromatic rings. The van der Waals surface area contributed by atoms with Gasteiger partial charge in [0, 0.05) is 29.7 Å². The van der Waals surface area contributed by atoms with Gasteiger partial charge < -0.3 is 4.90 Å². The summed E-state index contributed by atoms with van der Waals surface area (Å²) in [6, 6.07) is 4.56. The molecule has 2 rings (SSSR count). The van der Waals surface area contributed by atoms with Crippen LogP contribution < -0.4 is 9.57 Å². The van der Waals surface area contributed by atoms with E-state index in [0.717, 1.165) is 36.4 Å². The number of hydrogen-bond acceptors (Lipinski definition) is 7. The first-order valence-corrected chi connectivity index (χ1v) is 9.74. The highest BCUT2D eigenvalue weighted by molar-refractivity contribution is 7.66. The third kappa shape index (κ3) is 4.49. The first-order valence-electron chi connectivity index (χ1n) is 7.26. The van der Waals surface area contributed by atoms with E-state index in [4.69, 9.17) is 11.6 Å². The Kier molecular flexibility index (Phi) is 6.49. The Morgan fingerprint density at radius 2 is 2.04 bits per heavy atom. The summed E-state index contributed by atoms with van der Waals surface area (Å²) in [6.07, 6.45) is 2.04. The van der Waals surface area contributed by atoms with E-state index in [1.165, 1.54) is 33.0 Å². The SMILES string of the molecule is CCCN(CCC)c1nssc1=Nc1ccc(Cl)c([N+](=O)[O-])c1. The van der Waals surface area contributed by atoms with Gasteiger partial charge in [-0.15, -0.1) is 0 Å². The smallest absolute Gasteiger partial charge is 0.290 e. The third-order valence-corrected chi connectivity index (χ3v) is 5.07. The topological polar surface area (TPSA) is 71.6 Å². The lowest BCUT2D eigenvalue weighted by atomic mass is 10.3. The van der Waals surface area contributed by atoms with Crippen LogP contribution in [0, 0.1) is 10.1 Å². The largest absolute Gasteiger partial charge is 0.353 e. The van der Waals surface area contributed by atoms with Crippen LogP contribution in [0.4, 0.5) is 17.2 Å². The van der Waals surface area contributed by atoms with Gasteiger partial charge in [0.25, 0.3) is 5.69 Å². The van der Waals surface area contributed by atoms with Gasteiger partial charge in [-0.3, -0.25) is 10.1 Å². The predicted octanol–water partition coefficient (Wildman–Crippen LogP) is 4.63. The summed E-state index contributed by atoms with van der Waals surface area (Å²) in [5, 5.41) is 11.1. The summed E-state index contributed by atoms with van der Waals surface area (Å²) in [5.41, 5.74) is 0.369. The van der Waals surface area contributed by atoms with Crippen LogP contribution in [0.1, 0.15) is 26.7 Å². The number of benzene rings is 1. The zero-order valence-corrected chi connectivity index (χ0v) is 15.2. The number of hydrogen-bond donors (Lipinski definition) is 0. The van der Waals surface area contributed by atoms with Gasteiger partial charge in [0.15, 0.2) is 10.5 Å². The van der Waals surface area contributed by atoms with Crippen LogP contribution >= 0.6 is 32.5 Å². The van der Waals surface area contributed by atoms with Gasteiger partial charge in [-0.05, 0) is 35.3 Å². The highest BCUT2D eigenvalue weighted by atomic mass is 35.5. The normalized spacial score (nSPS) is 11.7. The molecule has 23 heavy (non-hydrogen) atoms. The fourth-order valence-electron chi connectivity index (χ4n) is 2.12. The van der Waals surface area contributed by atoms with E-state index < -0.39 is 4.92 Å². The first kappa shape index (κ1) is 17.8. The molecule has 1 aromatic carbocycles. The Morgan fingerprint density at radius 1 is 1.35 bits per heavy atom. The minimum absolute atomic E-state index is 0.111. The average molecular weight is 373 g/mol. The summed E-state index contributed by atoms with van der Waals surface area (Å²) in [4.78, 5) is 17.2. The number of aromatic nitrogens is 1. The quantitative estimate of drug-likeness (QED) is 0.403. The fraction of sp³-hybridized carbons (Fsp3) is 0.429. The van der Waals surface area contributed by atoms with Crippen LogP contribution in [0.15, 0.2) is 23.2 Å². The molecule has 0 N–H and O–H groups in total. The molecule has 0 amide bonds. The molecule has 0 aliphatic heterocycles. The molecule has 0 unspecified atom stereocenters. The first-order chi connectivity index (χ1) is 11.1. The molecule has 9 heteroatoms. The summed E-state index contributed by atoms with van der Waals surface area (Å²) >= 11 is 5.84. The fourth-order valence-corrected chi connectivity index (χ4v) is 4.01. The van der Waals surface area contributed by atoms with Crippen molar-refractivity contribution in [3.05, 3.63) is 38.0 Å². The molecule has 124 valence electrons. The third-order valence-electron chi connectivity index (χ3n) is 3.07. The maximum absolute atomic E-state index is 11.0. The molecule has 0 spiro atoms. The van der Waals surface area contributed by atoms with Crippen LogP contribution in [0.5, 0.6) is 0 Å². The Balaban J connectivity index is 2.43. The lowest BCUT2D eigenvalue weighted by molar-refractivity contribution is -0.384. The number of nitro benzene ring substituents is 1.